The number of ether oxygens (including phenoxy) is 1. The normalized spacial score (nSPS) is 17.2. The van der Waals surface area contributed by atoms with Gasteiger partial charge in [-0.25, -0.2) is 4.79 Å². The van der Waals surface area contributed by atoms with Crippen LogP contribution in [0.4, 0.5) is 10.5 Å². The fourth-order valence-electron chi connectivity index (χ4n) is 5.13. The summed E-state index contributed by atoms with van der Waals surface area (Å²) in [5.41, 5.74) is 4.75. The van der Waals surface area contributed by atoms with Crippen molar-refractivity contribution in [3.63, 3.8) is 0 Å². The van der Waals surface area contributed by atoms with Crippen molar-refractivity contribution in [1.29, 1.82) is 0 Å². The lowest BCUT2D eigenvalue weighted by Gasteiger charge is -2.34. The molecule has 2 N–H and O–H groups in total. The minimum Gasteiger partial charge on any atom is -0.444 e. The zero-order valence-electron chi connectivity index (χ0n) is 21.9. The summed E-state index contributed by atoms with van der Waals surface area (Å²) in [5.74, 6) is 0. The van der Waals surface area contributed by atoms with Crippen molar-refractivity contribution >= 4 is 22.7 Å². The van der Waals surface area contributed by atoms with Gasteiger partial charge in [-0.05, 0) is 84.0 Å². The summed E-state index contributed by atoms with van der Waals surface area (Å²) in [6.07, 6.45) is 6.54. The number of nitrogens with one attached hydrogen (secondary N) is 2. The van der Waals surface area contributed by atoms with E-state index in [1.807, 2.05) is 20.8 Å². The number of nitrogens with zero attached hydrogens (tertiary/aromatic N) is 3. The minimum atomic E-state index is -0.443. The summed E-state index contributed by atoms with van der Waals surface area (Å²) in [6, 6.07) is 8.56. The number of aryl methyl sites for hydroxylation is 1. The first-order valence-corrected chi connectivity index (χ1v) is 13.4. The van der Waals surface area contributed by atoms with Gasteiger partial charge in [-0.15, -0.1) is 0 Å². The smallest absolute Gasteiger partial charge is 0.407 e. The van der Waals surface area contributed by atoms with E-state index in [9.17, 15) is 4.79 Å². The van der Waals surface area contributed by atoms with E-state index in [1.54, 1.807) is 0 Å². The van der Waals surface area contributed by atoms with Crippen LogP contribution in [0, 0.1) is 0 Å². The Labute approximate surface area is 210 Å². The third-order valence-electron chi connectivity index (χ3n) is 6.91. The van der Waals surface area contributed by atoms with E-state index < -0.39 is 5.60 Å². The van der Waals surface area contributed by atoms with E-state index in [1.165, 1.54) is 35.2 Å². The molecule has 0 atom stereocenters. The largest absolute Gasteiger partial charge is 0.444 e. The second-order valence-electron chi connectivity index (χ2n) is 10.9. The van der Waals surface area contributed by atoms with Crippen molar-refractivity contribution in [1.82, 2.24) is 20.1 Å². The number of benzene rings is 1. The van der Waals surface area contributed by atoms with Gasteiger partial charge in [-0.3, -0.25) is 4.98 Å². The number of pyridine rings is 1. The van der Waals surface area contributed by atoms with Crippen LogP contribution in [0.15, 0.2) is 24.3 Å². The Bertz CT molecular complexity index is 979. The van der Waals surface area contributed by atoms with Crippen molar-refractivity contribution < 1.29 is 9.53 Å². The van der Waals surface area contributed by atoms with Gasteiger partial charge < -0.3 is 25.2 Å². The van der Waals surface area contributed by atoms with Crippen LogP contribution in [0.2, 0.25) is 0 Å². The zero-order chi connectivity index (χ0) is 24.7. The number of carbonyl (C=O) groups excluding carboxylic acids is 1. The quantitative estimate of drug-likeness (QED) is 0.516. The predicted octanol–water partition coefficient (Wildman–Crippen LogP) is 4.45. The number of rotatable bonds is 9. The lowest BCUT2D eigenvalue weighted by Crippen LogP contribution is -2.47. The summed E-state index contributed by atoms with van der Waals surface area (Å²) in [4.78, 5) is 21.8. The first-order chi connectivity index (χ1) is 16.9. The number of hydrogen-bond acceptors (Lipinski definition) is 6. The lowest BCUT2D eigenvalue weighted by molar-refractivity contribution is 0.0524. The Balaban J connectivity index is 1.15. The summed E-state index contributed by atoms with van der Waals surface area (Å²) in [6.45, 7) is 13.9. The van der Waals surface area contributed by atoms with Gasteiger partial charge in [-0.1, -0.05) is 18.2 Å². The van der Waals surface area contributed by atoms with Crippen molar-refractivity contribution in [3.05, 3.63) is 35.5 Å². The van der Waals surface area contributed by atoms with E-state index in [0.717, 1.165) is 77.0 Å². The van der Waals surface area contributed by atoms with Crippen LogP contribution in [0.1, 0.15) is 57.7 Å². The highest BCUT2D eigenvalue weighted by molar-refractivity contribution is 5.93. The molecule has 2 aromatic rings. The van der Waals surface area contributed by atoms with Crippen LogP contribution in [-0.2, 0) is 17.6 Å². The molecular formula is C28H43N5O2. The second-order valence-corrected chi connectivity index (χ2v) is 10.9. The van der Waals surface area contributed by atoms with Gasteiger partial charge in [0.25, 0.3) is 0 Å². The van der Waals surface area contributed by atoms with Crippen LogP contribution in [0.25, 0.3) is 10.9 Å². The lowest BCUT2D eigenvalue weighted by atomic mass is 9.92. The molecule has 7 heteroatoms. The molecule has 0 bridgehead atoms. The van der Waals surface area contributed by atoms with Gasteiger partial charge in [0.05, 0.1) is 5.52 Å². The Morgan fingerprint density at radius 3 is 2.34 bits per heavy atom. The number of anilines is 1. The fourth-order valence-corrected chi connectivity index (χ4v) is 5.13. The topological polar surface area (TPSA) is 69.7 Å². The van der Waals surface area contributed by atoms with Gasteiger partial charge in [0.2, 0.25) is 0 Å². The van der Waals surface area contributed by atoms with E-state index in [4.69, 9.17) is 9.72 Å². The van der Waals surface area contributed by atoms with Crippen LogP contribution >= 0.6 is 0 Å². The third kappa shape index (κ3) is 7.55. The van der Waals surface area contributed by atoms with E-state index >= 15 is 0 Å². The van der Waals surface area contributed by atoms with Gasteiger partial charge >= 0.3 is 6.09 Å². The number of amides is 1. The maximum Gasteiger partial charge on any atom is 0.407 e. The predicted molar refractivity (Wildman–Crippen MR) is 143 cm³/mol. The van der Waals surface area contributed by atoms with Crippen LogP contribution in [0.5, 0.6) is 0 Å². The van der Waals surface area contributed by atoms with Crippen molar-refractivity contribution in [3.8, 4) is 0 Å². The molecule has 2 aliphatic rings. The molecule has 0 radical (unpaired) electrons. The number of piperazine rings is 1. The van der Waals surface area contributed by atoms with Gasteiger partial charge in [-0.2, -0.15) is 0 Å². The molecule has 1 amide bonds. The standard InChI is InChI=1S/C28H43N5O2/c1-28(2,3)35-27(34)30-15-9-17-33-20-18-32(19-21-33)16-8-14-29-26-22-10-4-6-12-24(22)31-25-13-7-5-11-23(25)26/h4,6,10,12H,5,7-9,11,13-21H2,1-3H3,(H,29,31)(H,30,34). The summed E-state index contributed by atoms with van der Waals surface area (Å²) >= 11 is 0. The molecule has 0 saturated carbocycles. The molecule has 192 valence electrons. The fraction of sp³-hybridized carbons (Fsp3) is 0.643. The van der Waals surface area contributed by atoms with Crippen LogP contribution in [-0.4, -0.2) is 78.8 Å². The minimum absolute atomic E-state index is 0.323. The molecule has 1 fully saturated rings. The first-order valence-electron chi connectivity index (χ1n) is 13.4. The first kappa shape index (κ1) is 25.7. The molecule has 1 aliphatic heterocycles. The van der Waals surface area contributed by atoms with Crippen molar-refractivity contribution in [2.45, 2.75) is 64.9 Å². The van der Waals surface area contributed by atoms with Crippen LogP contribution < -0.4 is 10.6 Å². The van der Waals surface area contributed by atoms with E-state index in [0.29, 0.717) is 6.54 Å². The Hall–Kier alpha value is -2.38. The van der Waals surface area contributed by atoms with Crippen molar-refractivity contribution in [2.24, 2.45) is 0 Å². The summed E-state index contributed by atoms with van der Waals surface area (Å²) in [5, 5.41) is 7.92. The molecule has 1 aromatic carbocycles. The number of aromatic nitrogens is 1. The number of carbonyl (C=O) groups is 1. The Morgan fingerprint density at radius 2 is 1.63 bits per heavy atom. The highest BCUT2D eigenvalue weighted by atomic mass is 16.6. The summed E-state index contributed by atoms with van der Waals surface area (Å²) < 4.78 is 5.29. The number of hydrogen-bond donors (Lipinski definition) is 2. The molecule has 1 saturated heterocycles. The average Bonchev–Trinajstić information content (AvgIpc) is 2.83. The molecule has 1 aromatic heterocycles. The highest BCUT2D eigenvalue weighted by Gasteiger charge is 2.19. The monoisotopic (exact) mass is 481 g/mol. The molecule has 2 heterocycles. The zero-order valence-corrected chi connectivity index (χ0v) is 21.9. The number of fused-ring (bicyclic) bond motifs is 2. The maximum absolute atomic E-state index is 11.7. The molecular weight excluding hydrogens is 438 g/mol. The number of alkyl carbamates (subject to hydrolysis) is 1. The molecule has 4 rings (SSSR count). The SMILES string of the molecule is CC(C)(C)OC(=O)NCCCN1CCN(CCCNc2c3c(nc4ccccc24)CCCC3)CC1. The second kappa shape index (κ2) is 12.0. The molecule has 7 nitrogen and oxygen atoms in total. The van der Waals surface area contributed by atoms with E-state index in [-0.39, 0.29) is 6.09 Å². The number of para-hydroxylation sites is 1. The molecule has 0 spiro atoms. The third-order valence-corrected chi connectivity index (χ3v) is 6.91. The maximum atomic E-state index is 11.7. The Morgan fingerprint density at radius 1 is 0.971 bits per heavy atom. The van der Waals surface area contributed by atoms with Crippen LogP contribution in [0.3, 0.4) is 0 Å². The highest BCUT2D eigenvalue weighted by Crippen LogP contribution is 2.33. The molecule has 1 aliphatic carbocycles. The van der Waals surface area contributed by atoms with E-state index in [2.05, 4.69) is 44.7 Å². The van der Waals surface area contributed by atoms with Gasteiger partial charge in [0.1, 0.15) is 5.60 Å². The summed E-state index contributed by atoms with van der Waals surface area (Å²) in [7, 11) is 0. The molecule has 0 unspecified atom stereocenters. The average molecular weight is 482 g/mol. The van der Waals surface area contributed by atoms with Crippen molar-refractivity contribution in [2.75, 3.05) is 57.7 Å². The van der Waals surface area contributed by atoms with Gasteiger partial charge in [0.15, 0.2) is 0 Å². The van der Waals surface area contributed by atoms with Gasteiger partial charge in [0, 0.05) is 56.0 Å². The Kier molecular flexibility index (Phi) is 8.84. The molecule has 35 heavy (non-hydrogen) atoms.